The van der Waals surface area contributed by atoms with Crippen LogP contribution in [0.5, 0.6) is 0 Å². The van der Waals surface area contributed by atoms with E-state index in [0.717, 1.165) is 25.2 Å². The van der Waals surface area contributed by atoms with E-state index in [1.54, 1.807) is 0 Å². The first kappa shape index (κ1) is 22.5. The molecule has 0 aromatic heterocycles. The van der Waals surface area contributed by atoms with E-state index in [2.05, 4.69) is 18.7 Å². The van der Waals surface area contributed by atoms with Gasteiger partial charge in [-0.1, -0.05) is 71.6 Å². The first-order valence-corrected chi connectivity index (χ1v) is 11.1. The Bertz CT molecular complexity index is 319. The summed E-state index contributed by atoms with van der Waals surface area (Å²) in [6, 6.07) is 0. The Balaban J connectivity index is 1.77. The molecule has 0 aliphatic carbocycles. The summed E-state index contributed by atoms with van der Waals surface area (Å²) in [6.07, 6.45) is 17.0. The fourth-order valence-electron chi connectivity index (χ4n) is 3.68. The van der Waals surface area contributed by atoms with E-state index in [9.17, 15) is 4.79 Å². The second-order valence-electron chi connectivity index (χ2n) is 8.05. The van der Waals surface area contributed by atoms with Crippen molar-refractivity contribution in [2.45, 2.75) is 104 Å². The monoisotopic (exact) mass is 353 g/mol. The molecule has 0 spiro atoms. The van der Waals surface area contributed by atoms with Crippen molar-refractivity contribution < 1.29 is 9.53 Å². The number of hydrogen-bond donors (Lipinski definition) is 0. The number of unbranched alkanes of at least 4 members (excludes halogenated alkanes) is 10. The Labute approximate surface area is 156 Å². The summed E-state index contributed by atoms with van der Waals surface area (Å²) < 4.78 is 5.35. The van der Waals surface area contributed by atoms with Gasteiger partial charge in [0.25, 0.3) is 0 Å². The lowest BCUT2D eigenvalue weighted by Crippen LogP contribution is -2.21. The molecule has 0 aromatic carbocycles. The number of rotatable bonds is 16. The van der Waals surface area contributed by atoms with Gasteiger partial charge in [-0.25, -0.2) is 0 Å². The highest BCUT2D eigenvalue weighted by Crippen LogP contribution is 2.16. The molecule has 1 aliphatic rings. The molecule has 0 saturated carbocycles. The van der Waals surface area contributed by atoms with Crippen LogP contribution in [0.15, 0.2) is 0 Å². The quantitative estimate of drug-likeness (QED) is 0.253. The van der Waals surface area contributed by atoms with Crippen molar-refractivity contribution in [2.24, 2.45) is 5.92 Å². The van der Waals surface area contributed by atoms with E-state index in [1.165, 1.54) is 83.8 Å². The molecule has 0 bridgehead atoms. The minimum atomic E-state index is 0.00867. The molecule has 25 heavy (non-hydrogen) atoms. The third-order valence-corrected chi connectivity index (χ3v) is 5.37. The summed E-state index contributed by atoms with van der Waals surface area (Å²) in [5.41, 5.74) is 0. The van der Waals surface area contributed by atoms with Crippen molar-refractivity contribution in [1.29, 1.82) is 0 Å². The van der Waals surface area contributed by atoms with Crippen LogP contribution >= 0.6 is 0 Å². The molecule has 0 N–H and O–H groups in total. The largest absolute Gasteiger partial charge is 0.466 e. The molecule has 1 aliphatic heterocycles. The zero-order chi connectivity index (χ0) is 18.2. The normalized spacial score (nSPS) is 17.9. The molecule has 1 unspecified atom stereocenters. The zero-order valence-electron chi connectivity index (χ0n) is 17.1. The van der Waals surface area contributed by atoms with Gasteiger partial charge < -0.3 is 9.64 Å². The number of carbonyl (C=O) groups is 1. The van der Waals surface area contributed by atoms with Crippen molar-refractivity contribution in [3.05, 3.63) is 0 Å². The molecule has 1 rings (SSSR count). The van der Waals surface area contributed by atoms with Gasteiger partial charge in [-0.2, -0.15) is 0 Å². The number of hydrogen-bond acceptors (Lipinski definition) is 3. The number of carbonyl (C=O) groups excluding carboxylic acids is 1. The maximum absolute atomic E-state index is 11.7. The molecular formula is C22H43NO2. The van der Waals surface area contributed by atoms with Gasteiger partial charge in [0, 0.05) is 13.0 Å². The maximum Gasteiger partial charge on any atom is 0.305 e. The van der Waals surface area contributed by atoms with Crippen molar-refractivity contribution >= 4 is 5.97 Å². The average Bonchev–Trinajstić information content (AvgIpc) is 3.01. The van der Waals surface area contributed by atoms with Crippen LogP contribution in [0, 0.1) is 5.92 Å². The van der Waals surface area contributed by atoms with Crippen LogP contribution < -0.4 is 0 Å². The molecule has 1 heterocycles. The van der Waals surface area contributed by atoms with Crippen LogP contribution in [0.1, 0.15) is 104 Å². The Morgan fingerprint density at radius 1 is 0.920 bits per heavy atom. The number of nitrogens with zero attached hydrogens (tertiary/aromatic N) is 1. The zero-order valence-corrected chi connectivity index (χ0v) is 17.1. The molecule has 0 aromatic rings. The van der Waals surface area contributed by atoms with Crippen molar-refractivity contribution in [2.75, 3.05) is 26.2 Å². The van der Waals surface area contributed by atoms with E-state index < -0.39 is 0 Å². The van der Waals surface area contributed by atoms with Crippen LogP contribution in [-0.4, -0.2) is 37.1 Å². The lowest BCUT2D eigenvalue weighted by molar-refractivity contribution is -0.143. The third-order valence-electron chi connectivity index (χ3n) is 5.37. The Morgan fingerprint density at radius 3 is 2.20 bits per heavy atom. The van der Waals surface area contributed by atoms with Gasteiger partial charge in [0.15, 0.2) is 0 Å². The van der Waals surface area contributed by atoms with Crippen molar-refractivity contribution in [3.8, 4) is 0 Å². The molecule has 0 amide bonds. The van der Waals surface area contributed by atoms with Crippen molar-refractivity contribution in [3.63, 3.8) is 0 Å². The molecule has 1 saturated heterocycles. The van der Waals surface area contributed by atoms with Gasteiger partial charge in [-0.05, 0) is 44.7 Å². The predicted molar refractivity (Wildman–Crippen MR) is 107 cm³/mol. The maximum atomic E-state index is 11.7. The first-order chi connectivity index (χ1) is 12.2. The third kappa shape index (κ3) is 13.3. The van der Waals surface area contributed by atoms with Crippen molar-refractivity contribution in [1.82, 2.24) is 4.90 Å². The fraction of sp³-hybridized carbons (Fsp3) is 0.955. The summed E-state index contributed by atoms with van der Waals surface area (Å²) in [4.78, 5) is 14.3. The van der Waals surface area contributed by atoms with Crippen LogP contribution in [0.4, 0.5) is 0 Å². The Kier molecular flexibility index (Phi) is 14.1. The summed E-state index contributed by atoms with van der Waals surface area (Å²) in [5, 5.41) is 0. The summed E-state index contributed by atoms with van der Waals surface area (Å²) in [7, 11) is 0. The minimum absolute atomic E-state index is 0.00867. The van der Waals surface area contributed by atoms with Crippen LogP contribution in [0.3, 0.4) is 0 Å². The number of esters is 1. The molecular weight excluding hydrogens is 310 g/mol. The average molecular weight is 354 g/mol. The van der Waals surface area contributed by atoms with Gasteiger partial charge in [0.1, 0.15) is 0 Å². The highest BCUT2D eigenvalue weighted by molar-refractivity contribution is 5.69. The highest BCUT2D eigenvalue weighted by atomic mass is 16.5. The number of ether oxygens (including phenoxy) is 1. The van der Waals surface area contributed by atoms with E-state index in [4.69, 9.17) is 4.74 Å². The summed E-state index contributed by atoms with van der Waals surface area (Å²) >= 11 is 0. The Hall–Kier alpha value is -0.570. The van der Waals surface area contributed by atoms with E-state index in [1.807, 2.05) is 0 Å². The van der Waals surface area contributed by atoms with Crippen LogP contribution in [0.2, 0.25) is 0 Å². The first-order valence-electron chi connectivity index (χ1n) is 11.1. The van der Waals surface area contributed by atoms with Crippen LogP contribution in [0.25, 0.3) is 0 Å². The Morgan fingerprint density at radius 2 is 1.56 bits per heavy atom. The molecule has 1 fully saturated rings. The van der Waals surface area contributed by atoms with Gasteiger partial charge in [-0.3, -0.25) is 4.79 Å². The second kappa shape index (κ2) is 15.7. The van der Waals surface area contributed by atoms with Gasteiger partial charge in [0.05, 0.1) is 6.61 Å². The SMILES string of the molecule is CCCCCCCCCCCOC(=O)CCCCCN1CCC(C)C1. The molecule has 3 heteroatoms. The van der Waals surface area contributed by atoms with Crippen LogP contribution in [-0.2, 0) is 9.53 Å². The predicted octanol–water partition coefficient (Wildman–Crippen LogP) is 5.96. The highest BCUT2D eigenvalue weighted by Gasteiger charge is 2.17. The smallest absolute Gasteiger partial charge is 0.305 e. The number of likely N-dealkylation sites (tertiary alicyclic amines) is 1. The lowest BCUT2D eigenvalue weighted by atomic mass is 10.1. The van der Waals surface area contributed by atoms with Gasteiger partial charge in [0.2, 0.25) is 0 Å². The fourth-order valence-corrected chi connectivity index (χ4v) is 3.68. The second-order valence-corrected chi connectivity index (χ2v) is 8.05. The molecule has 0 radical (unpaired) electrons. The topological polar surface area (TPSA) is 29.5 Å². The van der Waals surface area contributed by atoms with E-state index in [0.29, 0.717) is 13.0 Å². The molecule has 148 valence electrons. The molecule has 3 nitrogen and oxygen atoms in total. The summed E-state index contributed by atoms with van der Waals surface area (Å²) in [6.45, 7) is 8.96. The van der Waals surface area contributed by atoms with E-state index in [-0.39, 0.29) is 5.97 Å². The standard InChI is InChI=1S/C22H43NO2/c1-3-4-5-6-7-8-9-10-14-19-25-22(24)15-12-11-13-17-23-18-16-21(2)20-23/h21H,3-20H2,1-2H3. The minimum Gasteiger partial charge on any atom is -0.466 e. The lowest BCUT2D eigenvalue weighted by Gasteiger charge is -2.14. The van der Waals surface area contributed by atoms with Gasteiger partial charge in [-0.15, -0.1) is 0 Å². The van der Waals surface area contributed by atoms with E-state index >= 15 is 0 Å². The van der Waals surface area contributed by atoms with Gasteiger partial charge >= 0.3 is 5.97 Å². The summed E-state index contributed by atoms with van der Waals surface area (Å²) in [5.74, 6) is 0.880. The molecule has 1 atom stereocenters.